The second-order valence-corrected chi connectivity index (χ2v) is 4.45. The van der Waals surface area contributed by atoms with Gasteiger partial charge in [-0.2, -0.15) is 0 Å². The fourth-order valence-corrected chi connectivity index (χ4v) is 1.90. The van der Waals surface area contributed by atoms with E-state index >= 15 is 0 Å². The van der Waals surface area contributed by atoms with Gasteiger partial charge in [-0.15, -0.1) is 0 Å². The third kappa shape index (κ3) is 3.85. The van der Waals surface area contributed by atoms with Crippen LogP contribution in [0, 0.1) is 6.92 Å². The van der Waals surface area contributed by atoms with Gasteiger partial charge in [0.05, 0.1) is 19.9 Å². The number of para-hydroxylation sites is 1. The van der Waals surface area contributed by atoms with Crippen molar-refractivity contribution in [3.63, 3.8) is 0 Å². The largest absolute Gasteiger partial charge is 0.496 e. The van der Waals surface area contributed by atoms with Crippen LogP contribution >= 0.6 is 0 Å². The molecular weight excluding hydrogens is 256 g/mol. The van der Waals surface area contributed by atoms with E-state index < -0.39 is 0 Å². The minimum absolute atomic E-state index is 0.0354. The fourth-order valence-electron chi connectivity index (χ4n) is 1.90. The van der Waals surface area contributed by atoms with Crippen molar-refractivity contribution in [1.82, 2.24) is 10.3 Å². The van der Waals surface area contributed by atoms with Gasteiger partial charge in [-0.25, -0.2) is 4.98 Å². The molecule has 0 aliphatic rings. The molecule has 0 spiro atoms. The molecule has 0 bridgehead atoms. The molecule has 106 valence electrons. The van der Waals surface area contributed by atoms with Gasteiger partial charge >= 0.3 is 0 Å². The summed E-state index contributed by atoms with van der Waals surface area (Å²) < 4.78 is 10.5. The molecule has 0 aliphatic heterocycles. The van der Waals surface area contributed by atoms with E-state index in [1.54, 1.807) is 13.3 Å². The lowest BCUT2D eigenvalue weighted by Crippen LogP contribution is -2.23. The zero-order valence-corrected chi connectivity index (χ0v) is 11.7. The number of amides is 1. The number of hydrogen-bond acceptors (Lipinski definition) is 4. The first-order valence-electron chi connectivity index (χ1n) is 6.49. The average Bonchev–Trinajstić information content (AvgIpc) is 2.89. The first-order chi connectivity index (χ1) is 9.69. The van der Waals surface area contributed by atoms with Crippen molar-refractivity contribution >= 4 is 5.91 Å². The average molecular weight is 274 g/mol. The number of ether oxygens (including phenoxy) is 1. The summed E-state index contributed by atoms with van der Waals surface area (Å²) in [4.78, 5) is 15.8. The Hall–Kier alpha value is -2.30. The fraction of sp³-hybridized carbons (Fsp3) is 0.333. The Bertz CT molecular complexity index is 578. The van der Waals surface area contributed by atoms with Crippen LogP contribution in [0.5, 0.6) is 5.75 Å². The van der Waals surface area contributed by atoms with E-state index in [-0.39, 0.29) is 5.91 Å². The van der Waals surface area contributed by atoms with Gasteiger partial charge in [0.2, 0.25) is 11.8 Å². The van der Waals surface area contributed by atoms with Crippen LogP contribution in [0.15, 0.2) is 34.9 Å². The second kappa shape index (κ2) is 6.75. The van der Waals surface area contributed by atoms with Crippen LogP contribution in [0.3, 0.4) is 0 Å². The molecule has 0 saturated carbocycles. The standard InChI is InChI=1S/C15H18N2O3/c1-11-9-17-15(20-11)10-16-14(18)8-7-12-5-3-4-6-13(12)19-2/h3-6,9H,7-8,10H2,1-2H3,(H,16,18). The van der Waals surface area contributed by atoms with Crippen LogP contribution in [0.1, 0.15) is 23.6 Å². The maximum atomic E-state index is 11.8. The van der Waals surface area contributed by atoms with Crippen molar-refractivity contribution in [2.24, 2.45) is 0 Å². The summed E-state index contributed by atoms with van der Waals surface area (Å²) in [5.41, 5.74) is 1.03. The topological polar surface area (TPSA) is 64.4 Å². The minimum atomic E-state index is -0.0354. The Morgan fingerprint density at radius 2 is 2.20 bits per heavy atom. The van der Waals surface area contributed by atoms with Crippen molar-refractivity contribution in [1.29, 1.82) is 0 Å². The number of carbonyl (C=O) groups excluding carboxylic acids is 1. The van der Waals surface area contributed by atoms with E-state index in [0.717, 1.165) is 17.1 Å². The molecule has 1 aromatic heterocycles. The van der Waals surface area contributed by atoms with Crippen molar-refractivity contribution in [3.8, 4) is 5.75 Å². The van der Waals surface area contributed by atoms with E-state index in [1.165, 1.54) is 0 Å². The van der Waals surface area contributed by atoms with Crippen molar-refractivity contribution in [2.75, 3.05) is 7.11 Å². The summed E-state index contributed by atoms with van der Waals surface area (Å²) in [6.45, 7) is 2.14. The highest BCUT2D eigenvalue weighted by atomic mass is 16.5. The third-order valence-corrected chi connectivity index (χ3v) is 2.92. The van der Waals surface area contributed by atoms with Crippen molar-refractivity contribution < 1.29 is 13.9 Å². The molecule has 5 heteroatoms. The van der Waals surface area contributed by atoms with E-state index in [2.05, 4.69) is 10.3 Å². The van der Waals surface area contributed by atoms with Gasteiger partial charge in [0.1, 0.15) is 11.5 Å². The van der Waals surface area contributed by atoms with Gasteiger partial charge in [0.25, 0.3) is 0 Å². The maximum Gasteiger partial charge on any atom is 0.220 e. The Morgan fingerprint density at radius 3 is 2.90 bits per heavy atom. The Kier molecular flexibility index (Phi) is 4.76. The predicted octanol–water partition coefficient (Wildman–Crippen LogP) is 2.24. The number of nitrogens with one attached hydrogen (secondary N) is 1. The molecular formula is C15H18N2O3. The number of carbonyl (C=O) groups is 1. The van der Waals surface area contributed by atoms with Crippen LogP contribution in [-0.2, 0) is 17.8 Å². The number of aryl methyl sites for hydroxylation is 2. The number of methoxy groups -OCH3 is 1. The summed E-state index contributed by atoms with van der Waals surface area (Å²) in [5.74, 6) is 2.03. The molecule has 2 rings (SSSR count). The Morgan fingerprint density at radius 1 is 1.40 bits per heavy atom. The molecule has 1 aromatic carbocycles. The number of nitrogens with zero attached hydrogens (tertiary/aromatic N) is 1. The Balaban J connectivity index is 1.80. The molecule has 1 heterocycles. The van der Waals surface area contributed by atoms with E-state index in [4.69, 9.17) is 9.15 Å². The second-order valence-electron chi connectivity index (χ2n) is 4.45. The lowest BCUT2D eigenvalue weighted by atomic mass is 10.1. The summed E-state index contributed by atoms with van der Waals surface area (Å²) >= 11 is 0. The number of benzene rings is 1. The molecule has 0 fully saturated rings. The highest BCUT2D eigenvalue weighted by molar-refractivity contribution is 5.76. The first kappa shape index (κ1) is 14.1. The third-order valence-electron chi connectivity index (χ3n) is 2.92. The van der Waals surface area contributed by atoms with Crippen LogP contribution in [0.2, 0.25) is 0 Å². The van der Waals surface area contributed by atoms with Gasteiger partial charge in [0.15, 0.2) is 0 Å². The predicted molar refractivity (Wildman–Crippen MR) is 74.4 cm³/mol. The molecule has 20 heavy (non-hydrogen) atoms. The maximum absolute atomic E-state index is 11.8. The van der Waals surface area contributed by atoms with Gasteiger partial charge in [-0.05, 0) is 25.0 Å². The van der Waals surface area contributed by atoms with Crippen LogP contribution in [-0.4, -0.2) is 18.0 Å². The number of oxazole rings is 1. The van der Waals surface area contributed by atoms with Gasteiger partial charge in [-0.3, -0.25) is 4.79 Å². The summed E-state index contributed by atoms with van der Waals surface area (Å²) in [6, 6.07) is 7.70. The van der Waals surface area contributed by atoms with Gasteiger partial charge < -0.3 is 14.5 Å². The SMILES string of the molecule is COc1ccccc1CCC(=O)NCc1ncc(C)o1. The lowest BCUT2D eigenvalue weighted by Gasteiger charge is -2.07. The van der Waals surface area contributed by atoms with E-state index in [9.17, 15) is 4.79 Å². The van der Waals surface area contributed by atoms with Gasteiger partial charge in [-0.1, -0.05) is 18.2 Å². The van der Waals surface area contributed by atoms with E-state index in [1.807, 2.05) is 31.2 Å². The normalized spacial score (nSPS) is 10.3. The Labute approximate surface area is 118 Å². The smallest absolute Gasteiger partial charge is 0.220 e. The number of aromatic nitrogens is 1. The highest BCUT2D eigenvalue weighted by Gasteiger charge is 2.07. The van der Waals surface area contributed by atoms with Crippen LogP contribution < -0.4 is 10.1 Å². The van der Waals surface area contributed by atoms with Crippen LogP contribution in [0.25, 0.3) is 0 Å². The first-order valence-corrected chi connectivity index (χ1v) is 6.49. The number of hydrogen-bond donors (Lipinski definition) is 1. The van der Waals surface area contributed by atoms with Gasteiger partial charge in [0, 0.05) is 6.42 Å². The van der Waals surface area contributed by atoms with Crippen LogP contribution in [0.4, 0.5) is 0 Å². The lowest BCUT2D eigenvalue weighted by molar-refractivity contribution is -0.121. The summed E-state index contributed by atoms with van der Waals surface area (Å²) in [7, 11) is 1.63. The molecule has 2 aromatic rings. The molecule has 0 radical (unpaired) electrons. The van der Waals surface area contributed by atoms with Crippen molar-refractivity contribution in [3.05, 3.63) is 47.7 Å². The molecule has 0 atom stereocenters. The quantitative estimate of drug-likeness (QED) is 0.877. The minimum Gasteiger partial charge on any atom is -0.496 e. The van der Waals surface area contributed by atoms with E-state index in [0.29, 0.717) is 25.3 Å². The molecule has 5 nitrogen and oxygen atoms in total. The van der Waals surface area contributed by atoms with Crippen molar-refractivity contribution in [2.45, 2.75) is 26.3 Å². The zero-order valence-electron chi connectivity index (χ0n) is 11.7. The number of rotatable bonds is 6. The monoisotopic (exact) mass is 274 g/mol. The highest BCUT2D eigenvalue weighted by Crippen LogP contribution is 2.18. The summed E-state index contributed by atoms with van der Waals surface area (Å²) in [6.07, 6.45) is 2.68. The molecule has 0 unspecified atom stereocenters. The molecule has 0 aliphatic carbocycles. The summed E-state index contributed by atoms with van der Waals surface area (Å²) in [5, 5.41) is 2.78. The zero-order chi connectivity index (χ0) is 14.4. The molecule has 0 saturated heterocycles. The molecule has 1 amide bonds. The molecule has 1 N–H and O–H groups in total.